The molecule has 0 saturated heterocycles. The molecule has 0 aromatic rings. The van der Waals surface area contributed by atoms with Crippen molar-refractivity contribution < 1.29 is 4.57 Å². The highest BCUT2D eigenvalue weighted by Gasteiger charge is 0.932. The summed E-state index contributed by atoms with van der Waals surface area (Å²) in [7, 11) is 1.17. The summed E-state index contributed by atoms with van der Waals surface area (Å²) in [5.41, 5.74) is 0. The molecule has 0 N–H and O–H groups in total. The largest absolute Gasteiger partial charge is 0.310 e. The van der Waals surface area contributed by atoms with Crippen molar-refractivity contribution >= 4 is 9.12 Å². The standard InChI is InChI=1S/C2H6.H2OP/c2*1-2/h1-2H3;2H2/q;+1. The second-order valence-electron chi connectivity index (χ2n) is 0. The van der Waals surface area contributed by atoms with Gasteiger partial charge in [0, 0.05) is 0 Å². The van der Waals surface area contributed by atoms with Crippen LogP contribution >= 0.6 is 9.12 Å². The van der Waals surface area contributed by atoms with Crippen LogP contribution < -0.4 is 0 Å². The van der Waals surface area contributed by atoms with Gasteiger partial charge in [-0.3, -0.25) is 0 Å². The van der Waals surface area contributed by atoms with Crippen LogP contribution in [0.1, 0.15) is 13.8 Å². The second kappa shape index (κ2) is 1370. The fourth-order valence-corrected chi connectivity index (χ4v) is 0. The lowest BCUT2D eigenvalue weighted by Gasteiger charge is -1.07. The van der Waals surface area contributed by atoms with Gasteiger partial charge in [0.15, 0.2) is 0 Å². The first-order valence-corrected chi connectivity index (χ1v) is 1.71. The summed E-state index contributed by atoms with van der Waals surface area (Å²) >= 11 is 0. The molecule has 1 unspecified atom stereocenters. The first-order valence-electron chi connectivity index (χ1n) is 1.24. The van der Waals surface area contributed by atoms with Gasteiger partial charge in [-0.25, -0.2) is 0 Å². The summed E-state index contributed by atoms with van der Waals surface area (Å²) in [4.78, 5) is 0. The van der Waals surface area contributed by atoms with Gasteiger partial charge >= 0.3 is 9.12 Å². The van der Waals surface area contributed by atoms with Crippen molar-refractivity contribution in [1.29, 1.82) is 0 Å². The van der Waals surface area contributed by atoms with Crippen LogP contribution in [0.4, 0.5) is 0 Å². The van der Waals surface area contributed by atoms with Gasteiger partial charge in [-0.1, -0.05) is 18.4 Å². The van der Waals surface area contributed by atoms with Gasteiger partial charge in [-0.15, -0.1) is 0 Å². The number of hydrogen-bond acceptors (Lipinski definition) is 1. The summed E-state index contributed by atoms with van der Waals surface area (Å²) < 4.78 is 8.17. The molecule has 0 fully saturated rings. The molecule has 0 rings (SSSR count). The molecule has 0 heterocycles. The smallest absolute Gasteiger partial charge is 0.0801 e. The van der Waals surface area contributed by atoms with Crippen LogP contribution in [0.15, 0.2) is 0 Å². The van der Waals surface area contributed by atoms with E-state index >= 15 is 0 Å². The van der Waals surface area contributed by atoms with Gasteiger partial charge in [0.05, 0.1) is 0 Å². The SMILES string of the molecule is CC.O=[PH2+]. The van der Waals surface area contributed by atoms with Crippen LogP contribution in [0.3, 0.4) is 0 Å². The molecule has 0 aromatic carbocycles. The van der Waals surface area contributed by atoms with Crippen molar-refractivity contribution in [2.24, 2.45) is 0 Å². The summed E-state index contributed by atoms with van der Waals surface area (Å²) in [6, 6.07) is 0. The Kier molecular flexibility index (Phi) is 3050. The Morgan fingerprint density at radius 3 is 1.25 bits per heavy atom. The maximum Gasteiger partial charge on any atom is 0.310 e. The third kappa shape index (κ3) is 254. The molecule has 26 valence electrons. The third-order valence-corrected chi connectivity index (χ3v) is 0. The predicted octanol–water partition coefficient (Wildman–Crippen LogP) is 1.23. The van der Waals surface area contributed by atoms with Crippen LogP contribution in [0.25, 0.3) is 0 Å². The predicted molar refractivity (Wildman–Crippen MR) is 21.7 cm³/mol. The Balaban J connectivity index is 0. The second-order valence-corrected chi connectivity index (χ2v) is 0. The lowest BCUT2D eigenvalue weighted by atomic mass is 11.0. The Morgan fingerprint density at radius 2 is 1.25 bits per heavy atom. The van der Waals surface area contributed by atoms with Gasteiger partial charge in [0.2, 0.25) is 0 Å². The van der Waals surface area contributed by atoms with Gasteiger partial charge in [-0.2, -0.15) is 0 Å². The van der Waals surface area contributed by atoms with E-state index in [2.05, 4.69) is 0 Å². The molecule has 0 amide bonds. The molecule has 0 aromatic heterocycles. The monoisotopic (exact) mass is 79.0 g/mol. The summed E-state index contributed by atoms with van der Waals surface area (Å²) in [6.07, 6.45) is 0. The van der Waals surface area contributed by atoms with E-state index in [9.17, 15) is 0 Å². The fourth-order valence-electron chi connectivity index (χ4n) is 0. The summed E-state index contributed by atoms with van der Waals surface area (Å²) in [6.45, 7) is 4.00. The van der Waals surface area contributed by atoms with Crippen molar-refractivity contribution in [3.05, 3.63) is 0 Å². The summed E-state index contributed by atoms with van der Waals surface area (Å²) in [5, 5.41) is 0. The zero-order valence-corrected chi connectivity index (χ0v) is 4.14. The van der Waals surface area contributed by atoms with Crippen molar-refractivity contribution in [3.63, 3.8) is 0 Å². The maximum absolute atomic E-state index is 8.17. The highest BCUT2D eigenvalue weighted by molar-refractivity contribution is 7.00. The molecule has 1 nitrogen and oxygen atoms in total. The molecule has 0 aliphatic carbocycles. The number of rotatable bonds is 0. The van der Waals surface area contributed by atoms with Gasteiger partial charge in [-0.05, 0) is 0 Å². The topological polar surface area (TPSA) is 17.1 Å². The molecular formula is C2H8OP+. The van der Waals surface area contributed by atoms with Gasteiger partial charge < -0.3 is 0 Å². The van der Waals surface area contributed by atoms with Gasteiger partial charge in [0.25, 0.3) is 0 Å². The quantitative estimate of drug-likeness (QED) is 0.399. The molecule has 2 heteroatoms. The van der Waals surface area contributed by atoms with Crippen LogP contribution in [-0.4, -0.2) is 0 Å². The van der Waals surface area contributed by atoms with E-state index in [1.54, 1.807) is 0 Å². The number of hydrogen-bond donors (Lipinski definition) is 0. The highest BCUT2D eigenvalue weighted by atomic mass is 31.0. The maximum atomic E-state index is 8.17. The van der Waals surface area contributed by atoms with Crippen molar-refractivity contribution in [2.75, 3.05) is 0 Å². The first-order chi connectivity index (χ1) is 2.00. The molecule has 0 saturated carbocycles. The Morgan fingerprint density at radius 1 is 1.25 bits per heavy atom. The van der Waals surface area contributed by atoms with E-state index in [0.29, 0.717) is 0 Å². The van der Waals surface area contributed by atoms with E-state index in [1.807, 2.05) is 13.8 Å². The molecule has 4 heavy (non-hydrogen) atoms. The van der Waals surface area contributed by atoms with E-state index in [-0.39, 0.29) is 0 Å². The fraction of sp³-hybridized carbons (Fsp3) is 1.00. The lowest BCUT2D eigenvalue weighted by Crippen LogP contribution is -0.856. The third-order valence-electron chi connectivity index (χ3n) is 0. The molecule has 0 radical (unpaired) electrons. The van der Waals surface area contributed by atoms with Crippen molar-refractivity contribution in [2.45, 2.75) is 13.8 Å². The van der Waals surface area contributed by atoms with E-state index in [4.69, 9.17) is 4.57 Å². The molecule has 0 aliphatic heterocycles. The zero-order valence-electron chi connectivity index (χ0n) is 2.99. The van der Waals surface area contributed by atoms with E-state index in [1.165, 1.54) is 9.12 Å². The normalized spacial score (nSPS) is 2.50. The zero-order chi connectivity index (χ0) is 4.00. The van der Waals surface area contributed by atoms with Crippen LogP contribution in [0, 0.1) is 0 Å². The highest BCUT2D eigenvalue weighted by Crippen LogP contribution is 1.23. The average molecular weight is 79.1 g/mol. The molecular weight excluding hydrogens is 71.0 g/mol. The molecule has 0 bridgehead atoms. The Labute approximate surface area is 28.6 Å². The van der Waals surface area contributed by atoms with Crippen LogP contribution in [0.5, 0.6) is 0 Å². The Hall–Kier alpha value is 0.100. The first kappa shape index (κ1) is 8.93. The van der Waals surface area contributed by atoms with Gasteiger partial charge in [0.1, 0.15) is 0 Å². The van der Waals surface area contributed by atoms with Crippen molar-refractivity contribution in [1.82, 2.24) is 0 Å². The summed E-state index contributed by atoms with van der Waals surface area (Å²) in [5.74, 6) is 0. The van der Waals surface area contributed by atoms with E-state index in [0.717, 1.165) is 0 Å². The minimum Gasteiger partial charge on any atom is -0.0801 e. The van der Waals surface area contributed by atoms with Crippen molar-refractivity contribution in [3.8, 4) is 0 Å². The molecule has 1 atom stereocenters. The van der Waals surface area contributed by atoms with Crippen LogP contribution in [0.2, 0.25) is 0 Å². The lowest BCUT2D eigenvalue weighted by molar-refractivity contribution is 0.607. The minimum absolute atomic E-state index is 1.17. The molecule has 0 spiro atoms. The van der Waals surface area contributed by atoms with Crippen LogP contribution in [-0.2, 0) is 4.57 Å². The Bertz CT molecular complexity index is 6.00. The minimum atomic E-state index is 1.17. The average Bonchev–Trinajstić information content (AvgIpc) is 1.50. The molecule has 0 aliphatic rings. The van der Waals surface area contributed by atoms with E-state index < -0.39 is 0 Å².